The maximum atomic E-state index is 11.9. The lowest BCUT2D eigenvalue weighted by atomic mass is 9.95. The highest BCUT2D eigenvalue weighted by molar-refractivity contribution is 5.86. The molecule has 3 atom stereocenters. The number of aliphatic imine (C=N–C) groups is 1. The van der Waals surface area contributed by atoms with E-state index >= 15 is 0 Å². The minimum Gasteiger partial charge on any atom is -0.353 e. The molecule has 130 valence electrons. The highest BCUT2D eigenvalue weighted by Crippen LogP contribution is 2.44. The lowest BCUT2D eigenvalue weighted by Gasteiger charge is -2.25. The Morgan fingerprint density at radius 3 is 2.62 bits per heavy atom. The van der Waals surface area contributed by atoms with Crippen LogP contribution in [-0.4, -0.2) is 43.4 Å². The Balaban J connectivity index is 1.62. The van der Waals surface area contributed by atoms with Crippen molar-refractivity contribution in [1.82, 2.24) is 15.5 Å². The molecule has 1 amide bonds. The van der Waals surface area contributed by atoms with E-state index in [1.165, 1.54) is 31.2 Å². The van der Waals surface area contributed by atoms with E-state index in [2.05, 4.69) is 22.8 Å². The molecule has 2 bridgehead atoms. The number of carbonyl (C=O) groups excluding carboxylic acids is 1. The van der Waals surface area contributed by atoms with E-state index in [0.717, 1.165) is 17.8 Å². The van der Waals surface area contributed by atoms with Crippen LogP contribution in [0.4, 0.5) is 0 Å². The number of fused-ring (bicyclic) bond motifs is 2. The minimum absolute atomic E-state index is 0.0529. The van der Waals surface area contributed by atoms with Crippen molar-refractivity contribution in [3.8, 4) is 0 Å². The summed E-state index contributed by atoms with van der Waals surface area (Å²) in [6.07, 6.45) is 5.29. The van der Waals surface area contributed by atoms with Crippen LogP contribution in [0.1, 0.15) is 31.2 Å². The van der Waals surface area contributed by atoms with Crippen molar-refractivity contribution in [2.75, 3.05) is 20.6 Å². The minimum atomic E-state index is 0.0529. The standard InChI is InChI=1S/C19H28N4O/c1-23(2)18(24)13-21-19(20-12-14-6-4-3-5-7-14)22-17-11-15-8-9-16(17)10-15/h3-7,15-17H,8-13H2,1-2H3,(H2,20,21,22). The summed E-state index contributed by atoms with van der Waals surface area (Å²) in [5.74, 6) is 2.46. The Morgan fingerprint density at radius 1 is 1.21 bits per heavy atom. The Morgan fingerprint density at radius 2 is 2.00 bits per heavy atom. The first kappa shape index (κ1) is 16.8. The maximum Gasteiger partial charge on any atom is 0.241 e. The zero-order valence-corrected chi connectivity index (χ0v) is 14.7. The molecule has 0 aliphatic heterocycles. The topological polar surface area (TPSA) is 56.7 Å². The number of guanidine groups is 1. The van der Waals surface area contributed by atoms with Crippen molar-refractivity contribution in [2.45, 2.75) is 38.3 Å². The predicted molar refractivity (Wildman–Crippen MR) is 96.6 cm³/mol. The number of nitrogens with zero attached hydrogens (tertiary/aromatic N) is 2. The molecule has 1 aromatic rings. The zero-order valence-electron chi connectivity index (χ0n) is 14.7. The highest BCUT2D eigenvalue weighted by atomic mass is 16.2. The number of benzene rings is 1. The molecule has 2 aliphatic rings. The predicted octanol–water partition coefficient (Wildman–Crippen LogP) is 2.00. The number of amides is 1. The Bertz CT molecular complexity index is 584. The first-order chi connectivity index (χ1) is 11.6. The van der Waals surface area contributed by atoms with Crippen molar-refractivity contribution in [3.63, 3.8) is 0 Å². The monoisotopic (exact) mass is 328 g/mol. The van der Waals surface area contributed by atoms with Gasteiger partial charge in [-0.15, -0.1) is 0 Å². The molecule has 0 radical (unpaired) electrons. The Hall–Kier alpha value is -2.04. The second kappa shape index (κ2) is 7.69. The highest BCUT2D eigenvalue weighted by Gasteiger charge is 2.39. The van der Waals surface area contributed by atoms with Gasteiger partial charge >= 0.3 is 0 Å². The van der Waals surface area contributed by atoms with E-state index < -0.39 is 0 Å². The number of nitrogens with one attached hydrogen (secondary N) is 2. The van der Waals surface area contributed by atoms with Crippen LogP contribution in [0.5, 0.6) is 0 Å². The molecule has 3 unspecified atom stereocenters. The molecule has 2 fully saturated rings. The van der Waals surface area contributed by atoms with Gasteiger partial charge < -0.3 is 15.5 Å². The largest absolute Gasteiger partial charge is 0.353 e. The second-order valence-electron chi connectivity index (χ2n) is 7.22. The summed E-state index contributed by atoms with van der Waals surface area (Å²) in [5.41, 5.74) is 1.17. The van der Waals surface area contributed by atoms with Crippen LogP contribution < -0.4 is 10.6 Å². The van der Waals surface area contributed by atoms with Crippen molar-refractivity contribution in [2.24, 2.45) is 16.8 Å². The van der Waals surface area contributed by atoms with Gasteiger partial charge in [0.2, 0.25) is 5.91 Å². The third-order valence-corrected chi connectivity index (χ3v) is 5.23. The van der Waals surface area contributed by atoms with Gasteiger partial charge in [0.1, 0.15) is 0 Å². The van der Waals surface area contributed by atoms with E-state index in [4.69, 9.17) is 4.99 Å². The molecule has 0 saturated heterocycles. The van der Waals surface area contributed by atoms with Crippen LogP contribution in [0.2, 0.25) is 0 Å². The van der Waals surface area contributed by atoms with Gasteiger partial charge in [-0.3, -0.25) is 4.79 Å². The normalized spacial score (nSPS) is 25.6. The molecular formula is C19H28N4O. The molecule has 0 aromatic heterocycles. The average molecular weight is 328 g/mol. The van der Waals surface area contributed by atoms with Crippen LogP contribution in [0, 0.1) is 11.8 Å². The molecule has 0 heterocycles. The van der Waals surface area contributed by atoms with E-state index in [0.29, 0.717) is 12.6 Å². The lowest BCUT2D eigenvalue weighted by Crippen LogP contribution is -2.48. The summed E-state index contributed by atoms with van der Waals surface area (Å²) in [4.78, 5) is 18.2. The van der Waals surface area contributed by atoms with Gasteiger partial charge in [0.15, 0.2) is 5.96 Å². The van der Waals surface area contributed by atoms with Crippen molar-refractivity contribution in [1.29, 1.82) is 0 Å². The number of hydrogen-bond acceptors (Lipinski definition) is 2. The molecule has 2 N–H and O–H groups in total. The van der Waals surface area contributed by atoms with Gasteiger partial charge in [0, 0.05) is 20.1 Å². The lowest BCUT2D eigenvalue weighted by molar-refractivity contribution is -0.127. The van der Waals surface area contributed by atoms with Crippen molar-refractivity contribution in [3.05, 3.63) is 35.9 Å². The zero-order chi connectivity index (χ0) is 16.9. The van der Waals surface area contributed by atoms with Crippen LogP contribution >= 0.6 is 0 Å². The summed E-state index contributed by atoms with van der Waals surface area (Å²) >= 11 is 0. The fourth-order valence-electron chi connectivity index (χ4n) is 3.82. The third-order valence-electron chi connectivity index (χ3n) is 5.23. The summed E-state index contributed by atoms with van der Waals surface area (Å²) < 4.78 is 0. The Labute approximate surface area is 144 Å². The molecule has 2 saturated carbocycles. The maximum absolute atomic E-state index is 11.9. The van der Waals surface area contributed by atoms with Gasteiger partial charge in [0.25, 0.3) is 0 Å². The van der Waals surface area contributed by atoms with E-state index in [-0.39, 0.29) is 12.5 Å². The first-order valence-corrected chi connectivity index (χ1v) is 8.90. The third kappa shape index (κ3) is 4.28. The van der Waals surface area contributed by atoms with Gasteiger partial charge in [-0.05, 0) is 36.7 Å². The average Bonchev–Trinajstić information content (AvgIpc) is 3.20. The number of rotatable bonds is 5. The van der Waals surface area contributed by atoms with Gasteiger partial charge in [-0.2, -0.15) is 0 Å². The summed E-state index contributed by atoms with van der Waals surface area (Å²) in [7, 11) is 3.54. The van der Waals surface area contributed by atoms with Crippen molar-refractivity contribution >= 4 is 11.9 Å². The first-order valence-electron chi connectivity index (χ1n) is 8.90. The number of hydrogen-bond donors (Lipinski definition) is 2. The van der Waals surface area contributed by atoms with Crippen molar-refractivity contribution < 1.29 is 4.79 Å². The molecule has 5 nitrogen and oxygen atoms in total. The SMILES string of the molecule is CN(C)C(=O)CNC(=NCc1ccccc1)NC1CC2CCC1C2. The number of carbonyl (C=O) groups is 1. The van der Waals surface area contributed by atoms with Gasteiger partial charge in [-0.1, -0.05) is 36.8 Å². The fraction of sp³-hybridized carbons (Fsp3) is 0.579. The van der Waals surface area contributed by atoms with E-state index in [1.54, 1.807) is 19.0 Å². The summed E-state index contributed by atoms with van der Waals surface area (Å²) in [5, 5.41) is 6.79. The second-order valence-corrected chi connectivity index (χ2v) is 7.22. The van der Waals surface area contributed by atoms with Crippen LogP contribution in [-0.2, 0) is 11.3 Å². The van der Waals surface area contributed by atoms with E-state index in [1.807, 2.05) is 18.2 Å². The number of likely N-dealkylation sites (N-methyl/N-ethyl adjacent to an activating group) is 1. The van der Waals surface area contributed by atoms with Crippen LogP contribution in [0.3, 0.4) is 0 Å². The van der Waals surface area contributed by atoms with E-state index in [9.17, 15) is 4.79 Å². The molecule has 5 heteroatoms. The quantitative estimate of drug-likeness (QED) is 0.642. The summed E-state index contributed by atoms with van der Waals surface area (Å²) in [6.45, 7) is 0.890. The molecule has 24 heavy (non-hydrogen) atoms. The van der Waals surface area contributed by atoms with Crippen LogP contribution in [0.25, 0.3) is 0 Å². The molecular weight excluding hydrogens is 300 g/mol. The molecule has 2 aliphatic carbocycles. The molecule has 1 aromatic carbocycles. The molecule has 3 rings (SSSR count). The van der Waals surface area contributed by atoms with Crippen LogP contribution in [0.15, 0.2) is 35.3 Å². The molecule has 0 spiro atoms. The smallest absolute Gasteiger partial charge is 0.241 e. The fourth-order valence-corrected chi connectivity index (χ4v) is 3.82. The Kier molecular flexibility index (Phi) is 5.38. The van der Waals surface area contributed by atoms with Gasteiger partial charge in [0.05, 0.1) is 13.1 Å². The van der Waals surface area contributed by atoms with Gasteiger partial charge in [-0.25, -0.2) is 4.99 Å². The summed E-state index contributed by atoms with van der Waals surface area (Å²) in [6, 6.07) is 10.7.